The standard InChI is InChI=1S/C10H12BrN3O2/c11-9-2-1-8(7-12-9)13-3-5-14(6-4-13)10(15)16/h1-2,7H,3-6H2,(H,15,16). The summed E-state index contributed by atoms with van der Waals surface area (Å²) in [5.41, 5.74) is 1.04. The monoisotopic (exact) mass is 285 g/mol. The summed E-state index contributed by atoms with van der Waals surface area (Å²) >= 11 is 3.28. The largest absolute Gasteiger partial charge is 0.465 e. The molecule has 0 aromatic carbocycles. The van der Waals surface area contributed by atoms with Gasteiger partial charge in [-0.25, -0.2) is 9.78 Å². The first kappa shape index (κ1) is 11.2. The van der Waals surface area contributed by atoms with Crippen LogP contribution in [0.3, 0.4) is 0 Å². The van der Waals surface area contributed by atoms with Crippen molar-refractivity contribution in [3.05, 3.63) is 22.9 Å². The van der Waals surface area contributed by atoms with Gasteiger partial charge in [0.05, 0.1) is 11.9 Å². The number of carbonyl (C=O) groups is 1. The van der Waals surface area contributed by atoms with Gasteiger partial charge in [-0.15, -0.1) is 0 Å². The molecule has 1 amide bonds. The molecule has 1 N–H and O–H groups in total. The van der Waals surface area contributed by atoms with Crippen LogP contribution in [0.25, 0.3) is 0 Å². The minimum Gasteiger partial charge on any atom is -0.465 e. The van der Waals surface area contributed by atoms with E-state index in [1.54, 1.807) is 6.20 Å². The fourth-order valence-corrected chi connectivity index (χ4v) is 1.95. The molecule has 0 unspecified atom stereocenters. The quantitative estimate of drug-likeness (QED) is 0.797. The van der Waals surface area contributed by atoms with Gasteiger partial charge in [-0.3, -0.25) is 0 Å². The Balaban J connectivity index is 1.99. The first-order valence-corrected chi connectivity index (χ1v) is 5.80. The summed E-state index contributed by atoms with van der Waals surface area (Å²) in [7, 11) is 0. The van der Waals surface area contributed by atoms with Crippen LogP contribution in [0.5, 0.6) is 0 Å². The molecule has 0 spiro atoms. The number of amides is 1. The van der Waals surface area contributed by atoms with Crippen LogP contribution in [0.2, 0.25) is 0 Å². The number of halogens is 1. The van der Waals surface area contributed by atoms with Crippen molar-refractivity contribution in [2.75, 3.05) is 31.1 Å². The first-order valence-electron chi connectivity index (χ1n) is 5.01. The van der Waals surface area contributed by atoms with Crippen molar-refractivity contribution >= 4 is 27.7 Å². The molecule has 86 valence electrons. The van der Waals surface area contributed by atoms with Crippen LogP contribution in [-0.2, 0) is 0 Å². The summed E-state index contributed by atoms with van der Waals surface area (Å²) < 4.78 is 0.806. The molecule has 1 aliphatic rings. The van der Waals surface area contributed by atoms with E-state index in [9.17, 15) is 4.79 Å². The summed E-state index contributed by atoms with van der Waals surface area (Å²) in [6.07, 6.45) is 0.953. The second-order valence-electron chi connectivity index (χ2n) is 3.60. The highest BCUT2D eigenvalue weighted by atomic mass is 79.9. The van der Waals surface area contributed by atoms with E-state index < -0.39 is 6.09 Å². The number of piperazine rings is 1. The Morgan fingerprint density at radius 1 is 1.31 bits per heavy atom. The number of anilines is 1. The maximum Gasteiger partial charge on any atom is 0.407 e. The van der Waals surface area contributed by atoms with Crippen molar-refractivity contribution in [3.8, 4) is 0 Å². The van der Waals surface area contributed by atoms with Crippen LogP contribution in [0.15, 0.2) is 22.9 Å². The van der Waals surface area contributed by atoms with E-state index in [-0.39, 0.29) is 0 Å². The van der Waals surface area contributed by atoms with E-state index in [0.717, 1.165) is 23.4 Å². The molecule has 1 saturated heterocycles. The zero-order chi connectivity index (χ0) is 11.5. The lowest BCUT2D eigenvalue weighted by molar-refractivity contribution is 0.142. The fourth-order valence-electron chi connectivity index (χ4n) is 1.71. The second-order valence-corrected chi connectivity index (χ2v) is 4.41. The van der Waals surface area contributed by atoms with Crippen LogP contribution in [-0.4, -0.2) is 47.3 Å². The third-order valence-electron chi connectivity index (χ3n) is 2.63. The Labute approximate surface area is 102 Å². The zero-order valence-electron chi connectivity index (χ0n) is 8.64. The molecule has 1 fully saturated rings. The minimum absolute atomic E-state index is 0.547. The Morgan fingerprint density at radius 2 is 2.00 bits per heavy atom. The summed E-state index contributed by atoms with van der Waals surface area (Å²) in [5, 5.41) is 8.82. The molecule has 16 heavy (non-hydrogen) atoms. The van der Waals surface area contributed by atoms with E-state index in [4.69, 9.17) is 5.11 Å². The van der Waals surface area contributed by atoms with Gasteiger partial charge in [-0.1, -0.05) is 0 Å². The Morgan fingerprint density at radius 3 is 2.50 bits per heavy atom. The van der Waals surface area contributed by atoms with Gasteiger partial charge in [-0.05, 0) is 28.1 Å². The van der Waals surface area contributed by atoms with Crippen LogP contribution in [0.4, 0.5) is 10.5 Å². The average molecular weight is 286 g/mol. The SMILES string of the molecule is O=C(O)N1CCN(c2ccc(Br)nc2)CC1. The molecule has 1 aliphatic heterocycles. The molecule has 0 atom stereocenters. The molecule has 0 aliphatic carbocycles. The number of hydrogen-bond acceptors (Lipinski definition) is 3. The van der Waals surface area contributed by atoms with Crippen molar-refractivity contribution < 1.29 is 9.90 Å². The highest BCUT2D eigenvalue weighted by molar-refractivity contribution is 9.10. The smallest absolute Gasteiger partial charge is 0.407 e. The summed E-state index contributed by atoms with van der Waals surface area (Å²) in [5.74, 6) is 0. The Hall–Kier alpha value is -1.30. The Kier molecular flexibility index (Phi) is 3.28. The Bertz CT molecular complexity index is 374. The van der Waals surface area contributed by atoms with Gasteiger partial charge in [0.15, 0.2) is 0 Å². The zero-order valence-corrected chi connectivity index (χ0v) is 10.2. The highest BCUT2D eigenvalue weighted by Crippen LogP contribution is 2.17. The number of hydrogen-bond donors (Lipinski definition) is 1. The topological polar surface area (TPSA) is 56.7 Å². The van der Waals surface area contributed by atoms with E-state index in [1.165, 1.54) is 4.90 Å². The van der Waals surface area contributed by atoms with Gasteiger partial charge in [-0.2, -0.15) is 0 Å². The van der Waals surface area contributed by atoms with Crippen LogP contribution >= 0.6 is 15.9 Å². The third kappa shape index (κ3) is 2.44. The number of nitrogens with zero attached hydrogens (tertiary/aromatic N) is 3. The van der Waals surface area contributed by atoms with Gasteiger partial charge in [0.25, 0.3) is 0 Å². The van der Waals surface area contributed by atoms with Crippen molar-refractivity contribution in [3.63, 3.8) is 0 Å². The minimum atomic E-state index is -0.839. The highest BCUT2D eigenvalue weighted by Gasteiger charge is 2.20. The second kappa shape index (κ2) is 4.69. The molecule has 0 radical (unpaired) electrons. The van der Waals surface area contributed by atoms with Crippen LogP contribution in [0, 0.1) is 0 Å². The van der Waals surface area contributed by atoms with E-state index in [0.29, 0.717) is 13.1 Å². The first-order chi connectivity index (χ1) is 7.66. The molecule has 1 aromatic rings. The van der Waals surface area contributed by atoms with Crippen LogP contribution < -0.4 is 4.90 Å². The maximum atomic E-state index is 10.7. The van der Waals surface area contributed by atoms with E-state index in [2.05, 4.69) is 25.8 Å². The number of rotatable bonds is 1. The lowest BCUT2D eigenvalue weighted by Gasteiger charge is -2.34. The molecule has 0 saturated carbocycles. The molecule has 6 heteroatoms. The number of pyridine rings is 1. The predicted octanol–water partition coefficient (Wildman–Crippen LogP) is 1.64. The molecule has 2 heterocycles. The third-order valence-corrected chi connectivity index (χ3v) is 3.10. The number of aromatic nitrogens is 1. The molecule has 2 rings (SSSR count). The molecule has 5 nitrogen and oxygen atoms in total. The van der Waals surface area contributed by atoms with Gasteiger partial charge < -0.3 is 14.9 Å². The average Bonchev–Trinajstić information content (AvgIpc) is 2.30. The van der Waals surface area contributed by atoms with Gasteiger partial charge >= 0.3 is 6.09 Å². The lowest BCUT2D eigenvalue weighted by Crippen LogP contribution is -2.48. The van der Waals surface area contributed by atoms with Crippen molar-refractivity contribution in [2.45, 2.75) is 0 Å². The molecule has 1 aromatic heterocycles. The van der Waals surface area contributed by atoms with Gasteiger partial charge in [0.2, 0.25) is 0 Å². The van der Waals surface area contributed by atoms with Crippen LogP contribution in [0.1, 0.15) is 0 Å². The molecule has 0 bridgehead atoms. The van der Waals surface area contributed by atoms with Gasteiger partial charge in [0, 0.05) is 26.2 Å². The molecular formula is C10H12BrN3O2. The van der Waals surface area contributed by atoms with E-state index in [1.807, 2.05) is 12.1 Å². The maximum absolute atomic E-state index is 10.7. The molecular weight excluding hydrogens is 274 g/mol. The predicted molar refractivity (Wildman–Crippen MR) is 63.7 cm³/mol. The van der Waals surface area contributed by atoms with Gasteiger partial charge in [0.1, 0.15) is 4.60 Å². The fraction of sp³-hybridized carbons (Fsp3) is 0.400. The van der Waals surface area contributed by atoms with Crippen molar-refractivity contribution in [1.29, 1.82) is 0 Å². The number of carboxylic acid groups (broad SMARTS) is 1. The summed E-state index contributed by atoms with van der Waals surface area (Å²) in [4.78, 5) is 18.5. The summed E-state index contributed by atoms with van der Waals surface area (Å²) in [6, 6.07) is 3.87. The van der Waals surface area contributed by atoms with Crippen molar-refractivity contribution in [1.82, 2.24) is 9.88 Å². The van der Waals surface area contributed by atoms with Crippen molar-refractivity contribution in [2.24, 2.45) is 0 Å². The normalized spacial score (nSPS) is 16.3. The summed E-state index contributed by atoms with van der Waals surface area (Å²) in [6.45, 7) is 2.53. The lowest BCUT2D eigenvalue weighted by atomic mass is 10.3. The van der Waals surface area contributed by atoms with E-state index >= 15 is 0 Å².